The molecule has 1 saturated carbocycles. The first-order valence-corrected chi connectivity index (χ1v) is 8.71. The predicted molar refractivity (Wildman–Crippen MR) is 84.1 cm³/mol. The van der Waals surface area contributed by atoms with Crippen LogP contribution in [0.25, 0.3) is 0 Å². The van der Waals surface area contributed by atoms with Crippen molar-refractivity contribution < 1.29 is 8.42 Å². The van der Waals surface area contributed by atoms with Gasteiger partial charge in [-0.2, -0.15) is 0 Å². The molecule has 0 spiro atoms. The van der Waals surface area contributed by atoms with Crippen molar-refractivity contribution in [3.05, 3.63) is 64.1 Å². The van der Waals surface area contributed by atoms with E-state index in [9.17, 15) is 8.42 Å². The Hall–Kier alpha value is -1.07. The van der Waals surface area contributed by atoms with Crippen LogP contribution in [0.15, 0.2) is 53.4 Å². The maximum Gasteiger partial charge on any atom is 0.242 e. The second kappa shape index (κ2) is 5.29. The quantitative estimate of drug-likeness (QED) is 0.914. The molecule has 0 heterocycles. The first-order valence-electron chi connectivity index (χ1n) is 6.48. The number of benzene rings is 2. The van der Waals surface area contributed by atoms with Crippen LogP contribution in [0, 0.1) is 0 Å². The van der Waals surface area contributed by atoms with E-state index < -0.39 is 15.6 Å². The molecule has 1 fully saturated rings. The Morgan fingerprint density at radius 1 is 0.952 bits per heavy atom. The van der Waals surface area contributed by atoms with Gasteiger partial charge in [0.15, 0.2) is 0 Å². The lowest BCUT2D eigenvalue weighted by Crippen LogP contribution is -2.35. The summed E-state index contributed by atoms with van der Waals surface area (Å²) in [5, 5.41) is 0.848. The summed E-state index contributed by atoms with van der Waals surface area (Å²) in [5.41, 5.74) is 0.380. The van der Waals surface area contributed by atoms with Gasteiger partial charge in [0.2, 0.25) is 10.0 Å². The maximum atomic E-state index is 12.5. The Morgan fingerprint density at radius 3 is 2.14 bits per heavy atom. The minimum absolute atomic E-state index is 0.104. The molecular formula is C15H13Cl2NO2S. The van der Waals surface area contributed by atoms with E-state index in [1.165, 1.54) is 6.07 Å². The van der Waals surface area contributed by atoms with Gasteiger partial charge in [0, 0.05) is 5.02 Å². The average Bonchev–Trinajstić information content (AvgIpc) is 3.19. The lowest BCUT2D eigenvalue weighted by atomic mass is 10.1. The van der Waals surface area contributed by atoms with Crippen LogP contribution in [0.5, 0.6) is 0 Å². The first kappa shape index (κ1) is 14.9. The van der Waals surface area contributed by atoms with Crippen LogP contribution in [-0.2, 0) is 15.6 Å². The van der Waals surface area contributed by atoms with Crippen LogP contribution in [0.4, 0.5) is 0 Å². The molecule has 0 saturated heterocycles. The summed E-state index contributed by atoms with van der Waals surface area (Å²) in [7, 11) is -3.66. The van der Waals surface area contributed by atoms with E-state index in [0.717, 1.165) is 18.4 Å². The van der Waals surface area contributed by atoms with Gasteiger partial charge >= 0.3 is 0 Å². The van der Waals surface area contributed by atoms with Crippen molar-refractivity contribution in [2.24, 2.45) is 0 Å². The molecule has 3 nitrogen and oxygen atoms in total. The third-order valence-electron chi connectivity index (χ3n) is 3.60. The van der Waals surface area contributed by atoms with Crippen molar-refractivity contribution in [3.63, 3.8) is 0 Å². The lowest BCUT2D eigenvalue weighted by Gasteiger charge is -2.18. The SMILES string of the molecule is O=S(=O)(NC1(c2ccc(Cl)cc2)CC1)c1ccccc1Cl. The number of sulfonamides is 1. The highest BCUT2D eigenvalue weighted by Gasteiger charge is 2.47. The summed E-state index contributed by atoms with van der Waals surface area (Å²) >= 11 is 11.9. The third kappa shape index (κ3) is 2.94. The maximum absolute atomic E-state index is 12.5. The van der Waals surface area contributed by atoms with Crippen molar-refractivity contribution in [2.45, 2.75) is 23.3 Å². The monoisotopic (exact) mass is 341 g/mol. The fourth-order valence-corrected chi connectivity index (χ4v) is 4.41. The fraction of sp³-hybridized carbons (Fsp3) is 0.200. The molecule has 0 aliphatic heterocycles. The molecule has 21 heavy (non-hydrogen) atoms. The van der Waals surface area contributed by atoms with Crippen molar-refractivity contribution in [2.75, 3.05) is 0 Å². The lowest BCUT2D eigenvalue weighted by molar-refractivity contribution is 0.552. The van der Waals surface area contributed by atoms with Crippen molar-refractivity contribution in [1.82, 2.24) is 4.72 Å². The Labute approximate surface area is 133 Å². The zero-order valence-electron chi connectivity index (χ0n) is 11.0. The predicted octanol–water partition coefficient (Wildman–Crippen LogP) is 3.96. The van der Waals surface area contributed by atoms with Gasteiger partial charge in [-0.15, -0.1) is 0 Å². The van der Waals surface area contributed by atoms with E-state index in [-0.39, 0.29) is 9.92 Å². The molecule has 1 N–H and O–H groups in total. The Balaban J connectivity index is 1.93. The van der Waals surface area contributed by atoms with Gasteiger partial charge in [0.1, 0.15) is 4.90 Å². The van der Waals surface area contributed by atoms with Crippen LogP contribution >= 0.6 is 23.2 Å². The molecule has 6 heteroatoms. The van der Waals surface area contributed by atoms with Gasteiger partial charge in [-0.1, -0.05) is 47.5 Å². The molecule has 1 aliphatic rings. The smallest absolute Gasteiger partial charge is 0.207 e. The molecule has 2 aromatic carbocycles. The van der Waals surface area contributed by atoms with Gasteiger partial charge in [0.25, 0.3) is 0 Å². The minimum Gasteiger partial charge on any atom is -0.207 e. The van der Waals surface area contributed by atoms with Gasteiger partial charge in [-0.05, 0) is 42.7 Å². The van der Waals surface area contributed by atoms with Gasteiger partial charge in [-0.3, -0.25) is 0 Å². The summed E-state index contributed by atoms with van der Waals surface area (Å²) < 4.78 is 27.8. The molecule has 0 aromatic heterocycles. The Morgan fingerprint density at radius 2 is 1.57 bits per heavy atom. The van der Waals surface area contributed by atoms with E-state index in [1.807, 2.05) is 12.1 Å². The number of rotatable bonds is 4. The van der Waals surface area contributed by atoms with Gasteiger partial charge < -0.3 is 0 Å². The van der Waals surface area contributed by atoms with Crippen LogP contribution in [0.1, 0.15) is 18.4 Å². The van der Waals surface area contributed by atoms with Crippen LogP contribution < -0.4 is 4.72 Å². The van der Waals surface area contributed by atoms with Crippen molar-refractivity contribution in [1.29, 1.82) is 0 Å². The highest BCUT2D eigenvalue weighted by molar-refractivity contribution is 7.89. The minimum atomic E-state index is -3.66. The summed E-state index contributed by atoms with van der Waals surface area (Å²) in [4.78, 5) is 0.104. The van der Waals surface area contributed by atoms with Gasteiger partial charge in [-0.25, -0.2) is 13.1 Å². The van der Waals surface area contributed by atoms with Crippen molar-refractivity contribution in [3.8, 4) is 0 Å². The van der Waals surface area contributed by atoms with Crippen LogP contribution in [0.2, 0.25) is 10.0 Å². The third-order valence-corrected chi connectivity index (χ3v) is 5.89. The molecule has 0 bridgehead atoms. The summed E-state index contributed by atoms with van der Waals surface area (Å²) in [6, 6.07) is 13.7. The molecule has 1 aliphatic carbocycles. The number of hydrogen-bond acceptors (Lipinski definition) is 2. The molecule has 3 rings (SSSR count). The van der Waals surface area contributed by atoms with Crippen molar-refractivity contribution >= 4 is 33.2 Å². The second-order valence-electron chi connectivity index (χ2n) is 5.12. The largest absolute Gasteiger partial charge is 0.242 e. The zero-order chi connectivity index (χ0) is 15.1. The highest BCUT2D eigenvalue weighted by atomic mass is 35.5. The molecule has 2 aromatic rings. The first-order chi connectivity index (χ1) is 9.93. The topological polar surface area (TPSA) is 46.2 Å². The molecule has 0 amide bonds. The van der Waals surface area contributed by atoms with E-state index in [0.29, 0.717) is 5.02 Å². The van der Waals surface area contributed by atoms with Crippen LogP contribution in [-0.4, -0.2) is 8.42 Å². The number of nitrogens with one attached hydrogen (secondary N) is 1. The van der Waals surface area contributed by atoms with Crippen LogP contribution in [0.3, 0.4) is 0 Å². The number of halogens is 2. The summed E-state index contributed by atoms with van der Waals surface area (Å²) in [6.07, 6.45) is 1.52. The fourth-order valence-electron chi connectivity index (χ4n) is 2.32. The summed E-state index contributed by atoms with van der Waals surface area (Å²) in [6.45, 7) is 0. The number of hydrogen-bond donors (Lipinski definition) is 1. The average molecular weight is 342 g/mol. The van der Waals surface area contributed by atoms with E-state index >= 15 is 0 Å². The van der Waals surface area contributed by atoms with E-state index in [2.05, 4.69) is 4.72 Å². The highest BCUT2D eigenvalue weighted by Crippen LogP contribution is 2.47. The molecule has 110 valence electrons. The standard InChI is InChI=1S/C15H13Cl2NO2S/c16-12-7-5-11(6-8-12)15(9-10-15)18-21(19,20)14-4-2-1-3-13(14)17/h1-8,18H,9-10H2. The second-order valence-corrected chi connectivity index (χ2v) is 7.62. The zero-order valence-corrected chi connectivity index (χ0v) is 13.3. The molecule has 0 radical (unpaired) electrons. The Kier molecular flexibility index (Phi) is 3.74. The van der Waals surface area contributed by atoms with Gasteiger partial charge in [0.05, 0.1) is 10.6 Å². The molecular weight excluding hydrogens is 329 g/mol. The van der Waals surface area contributed by atoms with E-state index in [1.54, 1.807) is 30.3 Å². The van der Waals surface area contributed by atoms with E-state index in [4.69, 9.17) is 23.2 Å². The normalized spacial score (nSPS) is 16.7. The summed E-state index contributed by atoms with van der Waals surface area (Å²) in [5.74, 6) is 0. The Bertz CT molecular complexity index is 769. The molecule has 0 unspecified atom stereocenters. The molecule has 0 atom stereocenters.